The van der Waals surface area contributed by atoms with E-state index in [0.717, 1.165) is 37.6 Å². The summed E-state index contributed by atoms with van der Waals surface area (Å²) in [5.41, 5.74) is 2.30. The lowest BCUT2D eigenvalue weighted by Crippen LogP contribution is -2.31. The second-order valence-electron chi connectivity index (χ2n) is 4.67. The van der Waals surface area contributed by atoms with Gasteiger partial charge in [0, 0.05) is 30.8 Å². The molecule has 17 heavy (non-hydrogen) atoms. The van der Waals surface area contributed by atoms with E-state index in [1.165, 1.54) is 25.0 Å². The molecule has 5 heteroatoms. The van der Waals surface area contributed by atoms with Crippen molar-refractivity contribution in [1.29, 1.82) is 0 Å². The lowest BCUT2D eigenvalue weighted by molar-refractivity contribution is 0.108. The van der Waals surface area contributed by atoms with Gasteiger partial charge < -0.3 is 14.6 Å². The van der Waals surface area contributed by atoms with Crippen LogP contribution in [-0.4, -0.2) is 29.7 Å². The maximum Gasteiger partial charge on any atom is 0.204 e. The van der Waals surface area contributed by atoms with E-state index in [4.69, 9.17) is 17.0 Å². The SMILES string of the molecule is S=c1nc(N2CCCCC2)[nH]c2c1COCC2. The molecule has 1 N–H and O–H groups in total. The van der Waals surface area contributed by atoms with Gasteiger partial charge >= 0.3 is 0 Å². The summed E-state index contributed by atoms with van der Waals surface area (Å²) in [6.45, 7) is 3.57. The van der Waals surface area contributed by atoms with Crippen LogP contribution in [0.3, 0.4) is 0 Å². The zero-order valence-electron chi connectivity index (χ0n) is 9.87. The number of rotatable bonds is 1. The van der Waals surface area contributed by atoms with Gasteiger partial charge in [-0.2, -0.15) is 0 Å². The maximum absolute atomic E-state index is 5.42. The Balaban J connectivity index is 1.95. The minimum Gasteiger partial charge on any atom is -0.376 e. The number of hydrogen-bond acceptors (Lipinski definition) is 4. The highest BCUT2D eigenvalue weighted by Gasteiger charge is 2.17. The topological polar surface area (TPSA) is 41.2 Å². The number of nitrogens with zero attached hydrogens (tertiary/aromatic N) is 2. The Kier molecular flexibility index (Phi) is 3.11. The second kappa shape index (κ2) is 4.74. The molecule has 0 amide bonds. The highest BCUT2D eigenvalue weighted by atomic mass is 32.1. The van der Waals surface area contributed by atoms with E-state index in [9.17, 15) is 0 Å². The molecule has 1 aromatic rings. The molecule has 1 fully saturated rings. The number of aromatic amines is 1. The van der Waals surface area contributed by atoms with Crippen molar-refractivity contribution in [3.63, 3.8) is 0 Å². The zero-order valence-corrected chi connectivity index (χ0v) is 10.7. The molecule has 2 aliphatic heterocycles. The zero-order chi connectivity index (χ0) is 11.7. The molecule has 1 aromatic heterocycles. The Labute approximate surface area is 106 Å². The van der Waals surface area contributed by atoms with E-state index in [2.05, 4.69) is 14.9 Å². The minimum atomic E-state index is 0.609. The summed E-state index contributed by atoms with van der Waals surface area (Å²) in [7, 11) is 0. The summed E-state index contributed by atoms with van der Waals surface area (Å²) in [6.07, 6.45) is 4.75. The largest absolute Gasteiger partial charge is 0.376 e. The van der Waals surface area contributed by atoms with Crippen molar-refractivity contribution in [3.05, 3.63) is 15.9 Å². The highest BCUT2D eigenvalue weighted by molar-refractivity contribution is 7.71. The standard InChI is InChI=1S/C12H17N3OS/c17-11-9-8-16-7-4-10(9)13-12(14-11)15-5-2-1-3-6-15/h1-8H2,(H,13,14,17). The van der Waals surface area contributed by atoms with Crippen LogP contribution in [0.2, 0.25) is 0 Å². The van der Waals surface area contributed by atoms with Gasteiger partial charge in [-0.25, -0.2) is 4.98 Å². The molecule has 4 nitrogen and oxygen atoms in total. The molecule has 0 bridgehead atoms. The molecule has 0 aliphatic carbocycles. The van der Waals surface area contributed by atoms with Crippen molar-refractivity contribution in [2.75, 3.05) is 24.6 Å². The first-order chi connectivity index (χ1) is 8.34. The van der Waals surface area contributed by atoms with E-state index >= 15 is 0 Å². The number of piperidine rings is 1. The van der Waals surface area contributed by atoms with Crippen LogP contribution < -0.4 is 4.90 Å². The first-order valence-electron chi connectivity index (χ1n) is 6.29. The number of anilines is 1. The van der Waals surface area contributed by atoms with Crippen LogP contribution in [0, 0.1) is 4.64 Å². The van der Waals surface area contributed by atoms with Crippen molar-refractivity contribution in [2.24, 2.45) is 0 Å². The van der Waals surface area contributed by atoms with Gasteiger partial charge in [0.2, 0.25) is 5.95 Å². The van der Waals surface area contributed by atoms with Gasteiger partial charge in [0.05, 0.1) is 13.2 Å². The van der Waals surface area contributed by atoms with Gasteiger partial charge in [-0.05, 0) is 19.3 Å². The summed E-state index contributed by atoms with van der Waals surface area (Å²) in [4.78, 5) is 10.3. The summed E-state index contributed by atoms with van der Waals surface area (Å²) in [5.74, 6) is 0.954. The summed E-state index contributed by atoms with van der Waals surface area (Å²) < 4.78 is 6.13. The van der Waals surface area contributed by atoms with Gasteiger partial charge in [-0.1, -0.05) is 12.2 Å². The van der Waals surface area contributed by atoms with Gasteiger partial charge in [-0.15, -0.1) is 0 Å². The number of ether oxygens (including phenoxy) is 1. The number of nitrogens with one attached hydrogen (secondary N) is 1. The van der Waals surface area contributed by atoms with Gasteiger partial charge in [0.1, 0.15) is 4.64 Å². The van der Waals surface area contributed by atoms with Crippen LogP contribution in [0.4, 0.5) is 5.95 Å². The average molecular weight is 251 g/mol. The molecule has 0 saturated carbocycles. The van der Waals surface area contributed by atoms with Crippen LogP contribution >= 0.6 is 12.2 Å². The predicted molar refractivity (Wildman–Crippen MR) is 68.8 cm³/mol. The average Bonchev–Trinajstić information content (AvgIpc) is 2.40. The fourth-order valence-corrected chi connectivity index (χ4v) is 2.77. The number of fused-ring (bicyclic) bond motifs is 1. The molecule has 0 spiro atoms. The van der Waals surface area contributed by atoms with Crippen molar-refractivity contribution in [2.45, 2.75) is 32.3 Å². The Hall–Kier alpha value is -0.940. The monoisotopic (exact) mass is 251 g/mol. The maximum atomic E-state index is 5.42. The first-order valence-corrected chi connectivity index (χ1v) is 6.70. The molecule has 0 unspecified atom stereocenters. The third kappa shape index (κ3) is 2.21. The first kappa shape index (κ1) is 11.2. The van der Waals surface area contributed by atoms with Crippen molar-refractivity contribution < 1.29 is 4.74 Å². The molecule has 0 atom stereocenters. The van der Waals surface area contributed by atoms with Gasteiger partial charge in [0.15, 0.2) is 0 Å². The van der Waals surface area contributed by atoms with Crippen molar-refractivity contribution in [1.82, 2.24) is 9.97 Å². The summed E-state index contributed by atoms with van der Waals surface area (Å²) in [6, 6.07) is 0. The number of hydrogen-bond donors (Lipinski definition) is 1. The lowest BCUT2D eigenvalue weighted by Gasteiger charge is -2.28. The third-order valence-corrected chi connectivity index (χ3v) is 3.83. The van der Waals surface area contributed by atoms with E-state index in [1.54, 1.807) is 0 Å². The molecule has 0 radical (unpaired) electrons. The number of H-pyrrole nitrogens is 1. The van der Waals surface area contributed by atoms with Crippen molar-refractivity contribution in [3.8, 4) is 0 Å². The van der Waals surface area contributed by atoms with Crippen LogP contribution in [0.25, 0.3) is 0 Å². The van der Waals surface area contributed by atoms with Crippen LogP contribution in [-0.2, 0) is 17.8 Å². The van der Waals surface area contributed by atoms with Crippen LogP contribution in [0.5, 0.6) is 0 Å². The Bertz CT molecular complexity index is 465. The van der Waals surface area contributed by atoms with Crippen molar-refractivity contribution >= 4 is 18.2 Å². The lowest BCUT2D eigenvalue weighted by atomic mass is 10.1. The number of aromatic nitrogens is 2. The Morgan fingerprint density at radius 3 is 2.88 bits per heavy atom. The van der Waals surface area contributed by atoms with E-state index in [0.29, 0.717) is 11.2 Å². The summed E-state index contributed by atoms with van der Waals surface area (Å²) in [5, 5.41) is 0. The molecule has 0 aromatic carbocycles. The van der Waals surface area contributed by atoms with Crippen LogP contribution in [0.1, 0.15) is 30.5 Å². The van der Waals surface area contributed by atoms with Crippen LogP contribution in [0.15, 0.2) is 0 Å². The molecule has 3 rings (SSSR count). The molecule has 3 heterocycles. The smallest absolute Gasteiger partial charge is 0.204 e. The van der Waals surface area contributed by atoms with E-state index in [-0.39, 0.29) is 0 Å². The fourth-order valence-electron chi connectivity index (χ4n) is 2.50. The third-order valence-electron chi connectivity index (χ3n) is 3.49. The molecule has 1 saturated heterocycles. The van der Waals surface area contributed by atoms with Gasteiger partial charge in [-0.3, -0.25) is 0 Å². The molecule has 2 aliphatic rings. The Morgan fingerprint density at radius 1 is 1.24 bits per heavy atom. The van der Waals surface area contributed by atoms with E-state index in [1.807, 2.05) is 0 Å². The summed E-state index contributed by atoms with van der Waals surface area (Å²) >= 11 is 5.36. The molecular formula is C12H17N3OS. The fraction of sp³-hybridized carbons (Fsp3) is 0.667. The molecule has 92 valence electrons. The minimum absolute atomic E-state index is 0.609. The Morgan fingerprint density at radius 2 is 2.06 bits per heavy atom. The highest BCUT2D eigenvalue weighted by Crippen LogP contribution is 2.21. The quantitative estimate of drug-likeness (QED) is 0.777. The van der Waals surface area contributed by atoms with E-state index < -0.39 is 0 Å². The van der Waals surface area contributed by atoms with Gasteiger partial charge in [0.25, 0.3) is 0 Å². The predicted octanol–water partition coefficient (Wildman–Crippen LogP) is 2.20. The second-order valence-corrected chi connectivity index (χ2v) is 5.06. The molecular weight excluding hydrogens is 234 g/mol. The normalized spacial score (nSPS) is 20.1.